The lowest BCUT2D eigenvalue weighted by molar-refractivity contribution is 0.0695. The molecule has 0 saturated carbocycles. The zero-order chi connectivity index (χ0) is 16.8. The van der Waals surface area contributed by atoms with Crippen molar-refractivity contribution in [2.75, 3.05) is 5.32 Å². The second-order valence-corrected chi connectivity index (χ2v) is 6.91. The first-order valence-corrected chi connectivity index (χ1v) is 8.43. The average molecular weight is 319 g/mol. The number of aryl methyl sites for hydroxylation is 2. The quantitative estimate of drug-likeness (QED) is 0.780. The zero-order valence-corrected chi connectivity index (χ0v) is 13.9. The number of rotatable bonds is 2. The molecular formula is C21H21NO2. The highest BCUT2D eigenvalue weighted by atomic mass is 16.4. The number of carboxylic acids is 1. The molecule has 1 aliphatic heterocycles. The highest BCUT2D eigenvalue weighted by Gasteiger charge is 2.40. The van der Waals surface area contributed by atoms with Crippen molar-refractivity contribution in [1.29, 1.82) is 0 Å². The minimum atomic E-state index is -0.846. The fourth-order valence-corrected chi connectivity index (χ4v) is 4.15. The van der Waals surface area contributed by atoms with Gasteiger partial charge in [0.1, 0.15) is 0 Å². The van der Waals surface area contributed by atoms with Gasteiger partial charge in [-0.15, -0.1) is 0 Å². The average Bonchev–Trinajstić information content (AvgIpc) is 3.05. The van der Waals surface area contributed by atoms with Crippen molar-refractivity contribution in [3.8, 4) is 0 Å². The maximum absolute atomic E-state index is 11.7. The van der Waals surface area contributed by atoms with Crippen LogP contribution in [0.2, 0.25) is 0 Å². The van der Waals surface area contributed by atoms with Crippen molar-refractivity contribution in [1.82, 2.24) is 0 Å². The first-order chi connectivity index (χ1) is 11.6. The molecule has 2 N–H and O–H groups in total. The van der Waals surface area contributed by atoms with Gasteiger partial charge in [0.25, 0.3) is 0 Å². The number of fused-ring (bicyclic) bond motifs is 3. The summed E-state index contributed by atoms with van der Waals surface area (Å²) in [5.41, 5.74) is 5.99. The number of anilines is 1. The molecule has 0 aromatic heterocycles. The fourth-order valence-electron chi connectivity index (χ4n) is 4.15. The number of carboxylic acid groups (broad SMARTS) is 1. The van der Waals surface area contributed by atoms with Crippen LogP contribution in [0.5, 0.6) is 0 Å². The van der Waals surface area contributed by atoms with E-state index >= 15 is 0 Å². The lowest BCUT2D eigenvalue weighted by Crippen LogP contribution is -2.31. The van der Waals surface area contributed by atoms with E-state index in [9.17, 15) is 9.90 Å². The Morgan fingerprint density at radius 3 is 2.58 bits per heavy atom. The molecule has 122 valence electrons. The molecule has 0 bridgehead atoms. The Bertz CT molecular complexity index is 836. The van der Waals surface area contributed by atoms with Gasteiger partial charge >= 0.3 is 5.97 Å². The van der Waals surface area contributed by atoms with Crippen molar-refractivity contribution in [2.45, 2.75) is 32.2 Å². The van der Waals surface area contributed by atoms with Crippen LogP contribution < -0.4 is 5.32 Å². The molecule has 0 fully saturated rings. The van der Waals surface area contributed by atoms with Gasteiger partial charge in [0, 0.05) is 11.6 Å². The van der Waals surface area contributed by atoms with Crippen LogP contribution in [0, 0.1) is 19.8 Å². The van der Waals surface area contributed by atoms with Crippen molar-refractivity contribution in [2.24, 2.45) is 5.92 Å². The predicted octanol–water partition coefficient (Wildman–Crippen LogP) is 4.83. The molecular weight excluding hydrogens is 298 g/mol. The Balaban J connectivity index is 1.86. The summed E-state index contributed by atoms with van der Waals surface area (Å²) in [6.45, 7) is 4.14. The van der Waals surface area contributed by atoms with Gasteiger partial charge in [-0.3, -0.25) is 0 Å². The van der Waals surface area contributed by atoms with Crippen LogP contribution in [0.3, 0.4) is 0 Å². The van der Waals surface area contributed by atoms with Gasteiger partial charge in [-0.25, -0.2) is 4.79 Å². The topological polar surface area (TPSA) is 49.3 Å². The summed E-state index contributed by atoms with van der Waals surface area (Å²) >= 11 is 0. The molecule has 2 aliphatic rings. The summed E-state index contributed by atoms with van der Waals surface area (Å²) in [4.78, 5) is 11.7. The minimum absolute atomic E-state index is 0.165. The lowest BCUT2D eigenvalue weighted by Gasteiger charge is -2.39. The van der Waals surface area contributed by atoms with E-state index in [-0.39, 0.29) is 12.0 Å². The van der Waals surface area contributed by atoms with Crippen LogP contribution in [-0.4, -0.2) is 11.1 Å². The van der Waals surface area contributed by atoms with Crippen LogP contribution in [0.1, 0.15) is 51.0 Å². The molecule has 3 unspecified atom stereocenters. The van der Waals surface area contributed by atoms with Gasteiger partial charge in [-0.1, -0.05) is 48.0 Å². The van der Waals surface area contributed by atoms with Crippen LogP contribution in [0.15, 0.2) is 48.6 Å². The Morgan fingerprint density at radius 1 is 1.12 bits per heavy atom. The summed E-state index contributed by atoms with van der Waals surface area (Å²) in [7, 11) is 0. The molecule has 3 atom stereocenters. The monoisotopic (exact) mass is 319 g/mol. The van der Waals surface area contributed by atoms with Crippen LogP contribution in [0.25, 0.3) is 0 Å². The van der Waals surface area contributed by atoms with Gasteiger partial charge in [0.15, 0.2) is 0 Å². The normalized spacial score (nSPS) is 24.2. The molecule has 4 rings (SSSR count). The van der Waals surface area contributed by atoms with Gasteiger partial charge in [-0.05, 0) is 48.9 Å². The maximum atomic E-state index is 11.7. The smallest absolute Gasteiger partial charge is 0.336 e. The summed E-state index contributed by atoms with van der Waals surface area (Å²) in [5.74, 6) is -0.320. The third kappa shape index (κ3) is 2.23. The molecule has 0 saturated heterocycles. The zero-order valence-electron chi connectivity index (χ0n) is 13.9. The number of aromatic carboxylic acids is 1. The third-order valence-electron chi connectivity index (χ3n) is 5.39. The Kier molecular flexibility index (Phi) is 3.45. The van der Waals surface area contributed by atoms with Crippen LogP contribution in [-0.2, 0) is 0 Å². The van der Waals surface area contributed by atoms with E-state index in [1.807, 2.05) is 13.0 Å². The Labute approximate surface area is 142 Å². The van der Waals surface area contributed by atoms with Crippen molar-refractivity contribution in [3.63, 3.8) is 0 Å². The van der Waals surface area contributed by atoms with Crippen LogP contribution >= 0.6 is 0 Å². The van der Waals surface area contributed by atoms with E-state index in [4.69, 9.17) is 0 Å². The number of allylic oxidation sites excluding steroid dienone is 2. The van der Waals surface area contributed by atoms with Crippen LogP contribution in [0.4, 0.5) is 5.69 Å². The van der Waals surface area contributed by atoms with Gasteiger partial charge in [-0.2, -0.15) is 0 Å². The molecule has 3 nitrogen and oxygen atoms in total. The standard InChI is InChI=1S/C21H21NO2/c1-12-6-9-14(10-7-12)20-16-5-3-4-15(16)18-17(21(23)24)11-8-13(2)19(18)22-20/h3-4,6-11,15-16,20,22H,5H2,1-2H3,(H,23,24). The van der Waals surface area contributed by atoms with E-state index in [1.54, 1.807) is 6.07 Å². The van der Waals surface area contributed by atoms with Crippen molar-refractivity contribution < 1.29 is 9.90 Å². The molecule has 1 heterocycles. The minimum Gasteiger partial charge on any atom is -0.478 e. The molecule has 0 spiro atoms. The Morgan fingerprint density at radius 2 is 1.88 bits per heavy atom. The number of carbonyl (C=O) groups is 1. The molecule has 0 amide bonds. The number of nitrogens with one attached hydrogen (secondary N) is 1. The first kappa shape index (κ1) is 15.0. The molecule has 2 aromatic carbocycles. The van der Waals surface area contributed by atoms with E-state index in [2.05, 4.69) is 48.7 Å². The number of benzene rings is 2. The maximum Gasteiger partial charge on any atom is 0.336 e. The SMILES string of the molecule is Cc1ccc(C2Nc3c(C)ccc(C(=O)O)c3C3C=CCC32)cc1. The van der Waals surface area contributed by atoms with E-state index < -0.39 is 5.97 Å². The molecule has 3 heteroatoms. The van der Waals surface area contributed by atoms with Crippen molar-refractivity contribution >= 4 is 11.7 Å². The second-order valence-electron chi connectivity index (χ2n) is 6.91. The third-order valence-corrected chi connectivity index (χ3v) is 5.39. The molecule has 2 aromatic rings. The largest absolute Gasteiger partial charge is 0.478 e. The van der Waals surface area contributed by atoms with E-state index in [0.29, 0.717) is 11.5 Å². The summed E-state index contributed by atoms with van der Waals surface area (Å²) in [6, 6.07) is 12.5. The molecule has 0 radical (unpaired) electrons. The Hall–Kier alpha value is -2.55. The van der Waals surface area contributed by atoms with Gasteiger partial charge < -0.3 is 10.4 Å². The van der Waals surface area contributed by atoms with Crippen molar-refractivity contribution in [3.05, 3.63) is 76.4 Å². The summed E-state index contributed by atoms with van der Waals surface area (Å²) in [5, 5.41) is 13.3. The van der Waals surface area contributed by atoms with E-state index in [1.165, 1.54) is 11.1 Å². The van der Waals surface area contributed by atoms with Gasteiger partial charge in [0.2, 0.25) is 0 Å². The highest BCUT2D eigenvalue weighted by molar-refractivity contribution is 5.93. The highest BCUT2D eigenvalue weighted by Crippen LogP contribution is 2.51. The van der Waals surface area contributed by atoms with E-state index in [0.717, 1.165) is 23.2 Å². The second kappa shape index (κ2) is 5.52. The first-order valence-electron chi connectivity index (χ1n) is 8.43. The molecule has 24 heavy (non-hydrogen) atoms. The lowest BCUT2D eigenvalue weighted by atomic mass is 9.74. The van der Waals surface area contributed by atoms with Gasteiger partial charge in [0.05, 0.1) is 11.6 Å². The predicted molar refractivity (Wildman–Crippen MR) is 95.7 cm³/mol. The molecule has 1 aliphatic carbocycles. The number of hydrogen-bond donors (Lipinski definition) is 2. The summed E-state index contributed by atoms with van der Waals surface area (Å²) in [6.07, 6.45) is 5.36. The number of hydrogen-bond acceptors (Lipinski definition) is 2. The fraction of sp³-hybridized carbons (Fsp3) is 0.286. The summed E-state index contributed by atoms with van der Waals surface area (Å²) < 4.78 is 0.